The van der Waals surface area contributed by atoms with E-state index in [4.69, 9.17) is 9.84 Å². The fraction of sp³-hybridized carbons (Fsp3) is 0.400. The van der Waals surface area contributed by atoms with Gasteiger partial charge in [0.05, 0.1) is 12.2 Å². The van der Waals surface area contributed by atoms with E-state index in [1.807, 2.05) is 0 Å². The van der Waals surface area contributed by atoms with Gasteiger partial charge in [-0.2, -0.15) is 13.2 Å². The summed E-state index contributed by atoms with van der Waals surface area (Å²) in [5.74, 6) is -1.67. The van der Waals surface area contributed by atoms with E-state index >= 15 is 0 Å². The van der Waals surface area contributed by atoms with Crippen LogP contribution in [0.4, 0.5) is 19.0 Å². The normalized spacial score (nSPS) is 11.3. The summed E-state index contributed by atoms with van der Waals surface area (Å²) in [7, 11) is 1.46. The molecule has 0 aromatic carbocycles. The van der Waals surface area contributed by atoms with E-state index < -0.39 is 23.4 Å². The van der Waals surface area contributed by atoms with Crippen molar-refractivity contribution < 1.29 is 27.8 Å². The van der Waals surface area contributed by atoms with Gasteiger partial charge >= 0.3 is 12.1 Å². The molecule has 1 aromatic heterocycles. The summed E-state index contributed by atoms with van der Waals surface area (Å²) >= 11 is 0. The quantitative estimate of drug-likeness (QED) is 0.794. The van der Waals surface area contributed by atoms with Crippen LogP contribution in [0.2, 0.25) is 0 Å². The lowest BCUT2D eigenvalue weighted by molar-refractivity contribution is -0.138. The Morgan fingerprint density at radius 3 is 2.67 bits per heavy atom. The molecule has 0 bridgehead atoms. The van der Waals surface area contributed by atoms with E-state index in [0.29, 0.717) is 19.2 Å². The topological polar surface area (TPSA) is 71.5 Å². The van der Waals surface area contributed by atoms with E-state index in [1.54, 1.807) is 0 Å². The molecule has 1 aromatic rings. The van der Waals surface area contributed by atoms with Gasteiger partial charge in [-0.3, -0.25) is 0 Å². The Balaban J connectivity index is 3.01. The number of anilines is 1. The number of alkyl halides is 3. The summed E-state index contributed by atoms with van der Waals surface area (Å²) in [6.07, 6.45) is -4.74. The van der Waals surface area contributed by atoms with Gasteiger partial charge in [-0.25, -0.2) is 9.78 Å². The summed E-state index contributed by atoms with van der Waals surface area (Å²) in [5.41, 5.74) is -2.29. The summed E-state index contributed by atoms with van der Waals surface area (Å²) in [5, 5.41) is 11.4. The first-order chi connectivity index (χ1) is 8.36. The van der Waals surface area contributed by atoms with Crippen molar-refractivity contribution in [2.24, 2.45) is 0 Å². The highest BCUT2D eigenvalue weighted by atomic mass is 19.4. The van der Waals surface area contributed by atoms with Gasteiger partial charge in [-0.05, 0) is 12.1 Å². The highest BCUT2D eigenvalue weighted by molar-refractivity contribution is 5.87. The highest BCUT2D eigenvalue weighted by Crippen LogP contribution is 2.31. The molecule has 0 saturated carbocycles. The molecule has 1 heterocycles. The van der Waals surface area contributed by atoms with E-state index in [2.05, 4.69) is 10.3 Å². The molecule has 0 amide bonds. The van der Waals surface area contributed by atoms with E-state index in [0.717, 1.165) is 6.07 Å². The second-order valence-electron chi connectivity index (χ2n) is 3.32. The maximum atomic E-state index is 12.5. The van der Waals surface area contributed by atoms with Crippen molar-refractivity contribution in [2.45, 2.75) is 6.18 Å². The number of nitrogens with one attached hydrogen (secondary N) is 1. The number of rotatable bonds is 5. The third-order valence-corrected chi connectivity index (χ3v) is 2.02. The molecule has 5 nitrogen and oxygen atoms in total. The zero-order chi connectivity index (χ0) is 13.8. The van der Waals surface area contributed by atoms with Crippen molar-refractivity contribution in [2.75, 3.05) is 25.6 Å². The predicted octanol–water partition coefficient (Wildman–Crippen LogP) is 1.86. The van der Waals surface area contributed by atoms with Crippen molar-refractivity contribution >= 4 is 11.8 Å². The molecule has 100 valence electrons. The Morgan fingerprint density at radius 2 is 2.17 bits per heavy atom. The third-order valence-electron chi connectivity index (χ3n) is 2.02. The van der Waals surface area contributed by atoms with Crippen LogP contribution in [0.3, 0.4) is 0 Å². The number of aromatic carboxylic acids is 1. The minimum atomic E-state index is -4.74. The fourth-order valence-corrected chi connectivity index (χ4v) is 1.23. The first kappa shape index (κ1) is 14.2. The van der Waals surface area contributed by atoms with Crippen LogP contribution in [0.5, 0.6) is 0 Å². The van der Waals surface area contributed by atoms with Crippen LogP contribution in [0.1, 0.15) is 16.1 Å². The molecule has 0 unspecified atom stereocenters. The lowest BCUT2D eigenvalue weighted by Gasteiger charge is -2.11. The van der Waals surface area contributed by atoms with Crippen LogP contribution in [0.15, 0.2) is 12.1 Å². The predicted molar refractivity (Wildman–Crippen MR) is 56.6 cm³/mol. The van der Waals surface area contributed by atoms with Crippen molar-refractivity contribution in [3.63, 3.8) is 0 Å². The van der Waals surface area contributed by atoms with Crippen LogP contribution >= 0.6 is 0 Å². The number of carboxylic acid groups (broad SMARTS) is 1. The highest BCUT2D eigenvalue weighted by Gasteiger charge is 2.36. The molecule has 0 atom stereocenters. The first-order valence-electron chi connectivity index (χ1n) is 4.90. The van der Waals surface area contributed by atoms with E-state index in [9.17, 15) is 18.0 Å². The van der Waals surface area contributed by atoms with Crippen molar-refractivity contribution in [1.29, 1.82) is 0 Å². The van der Waals surface area contributed by atoms with Crippen molar-refractivity contribution in [1.82, 2.24) is 4.98 Å². The molecule has 2 N–H and O–H groups in total. The van der Waals surface area contributed by atoms with Crippen LogP contribution in [-0.2, 0) is 10.9 Å². The summed E-state index contributed by atoms with van der Waals surface area (Å²) in [6.45, 7) is 0.638. The van der Waals surface area contributed by atoms with Gasteiger partial charge < -0.3 is 15.2 Å². The maximum Gasteiger partial charge on any atom is 0.418 e. The molecule has 0 radical (unpaired) electrons. The SMILES string of the molecule is COCCNc1ccc(C(F)(F)F)c(C(=O)O)n1. The number of ether oxygens (including phenoxy) is 1. The average Bonchev–Trinajstić information content (AvgIpc) is 2.27. The van der Waals surface area contributed by atoms with E-state index in [1.165, 1.54) is 7.11 Å². The maximum absolute atomic E-state index is 12.5. The van der Waals surface area contributed by atoms with Gasteiger partial charge in [-0.15, -0.1) is 0 Å². The molecule has 0 spiro atoms. The minimum absolute atomic E-state index is 0.0532. The second-order valence-corrected chi connectivity index (χ2v) is 3.32. The van der Waals surface area contributed by atoms with Crippen LogP contribution < -0.4 is 5.32 Å². The summed E-state index contributed by atoms with van der Waals surface area (Å²) in [6, 6.07) is 1.76. The Kier molecular flexibility index (Phi) is 4.49. The summed E-state index contributed by atoms with van der Waals surface area (Å²) < 4.78 is 42.2. The number of pyridine rings is 1. The van der Waals surface area contributed by atoms with Gasteiger partial charge in [-0.1, -0.05) is 0 Å². The first-order valence-corrected chi connectivity index (χ1v) is 4.90. The lowest BCUT2D eigenvalue weighted by atomic mass is 10.2. The standard InChI is InChI=1S/C10H11F3N2O3/c1-18-5-4-14-7-3-2-6(10(11,12)13)8(15-7)9(16)17/h2-3H,4-5H2,1H3,(H,14,15)(H,16,17). The van der Waals surface area contributed by atoms with Crippen molar-refractivity contribution in [3.8, 4) is 0 Å². The van der Waals surface area contributed by atoms with Gasteiger partial charge in [0.15, 0.2) is 5.69 Å². The van der Waals surface area contributed by atoms with Crippen LogP contribution in [0.25, 0.3) is 0 Å². The number of halogens is 3. The largest absolute Gasteiger partial charge is 0.476 e. The molecular weight excluding hydrogens is 253 g/mol. The zero-order valence-corrected chi connectivity index (χ0v) is 9.41. The lowest BCUT2D eigenvalue weighted by Crippen LogP contribution is -2.17. The molecule has 18 heavy (non-hydrogen) atoms. The number of hydrogen-bond acceptors (Lipinski definition) is 4. The number of aromatic nitrogens is 1. The summed E-state index contributed by atoms with van der Waals surface area (Å²) in [4.78, 5) is 14.2. The smallest absolute Gasteiger partial charge is 0.418 e. The van der Waals surface area contributed by atoms with Gasteiger partial charge in [0.2, 0.25) is 0 Å². The monoisotopic (exact) mass is 264 g/mol. The molecule has 0 aliphatic heterocycles. The van der Waals surface area contributed by atoms with Gasteiger partial charge in [0.25, 0.3) is 0 Å². The van der Waals surface area contributed by atoms with Crippen molar-refractivity contribution in [3.05, 3.63) is 23.4 Å². The number of carboxylic acids is 1. The Hall–Kier alpha value is -1.83. The van der Waals surface area contributed by atoms with Gasteiger partial charge in [0, 0.05) is 13.7 Å². The molecular formula is C10H11F3N2O3. The molecule has 0 saturated heterocycles. The molecule has 1 rings (SSSR count). The zero-order valence-electron chi connectivity index (χ0n) is 9.41. The van der Waals surface area contributed by atoms with E-state index in [-0.39, 0.29) is 5.82 Å². The molecule has 8 heteroatoms. The van der Waals surface area contributed by atoms with Gasteiger partial charge in [0.1, 0.15) is 5.82 Å². The molecule has 0 aliphatic rings. The van der Waals surface area contributed by atoms with Crippen LogP contribution in [-0.4, -0.2) is 36.3 Å². The number of methoxy groups -OCH3 is 1. The minimum Gasteiger partial charge on any atom is -0.476 e. The fourth-order valence-electron chi connectivity index (χ4n) is 1.23. The molecule has 0 fully saturated rings. The number of hydrogen-bond donors (Lipinski definition) is 2. The molecule has 0 aliphatic carbocycles. The third kappa shape index (κ3) is 3.59. The average molecular weight is 264 g/mol. The number of nitrogens with zero attached hydrogens (tertiary/aromatic N) is 1. The second kappa shape index (κ2) is 5.67. The van der Waals surface area contributed by atoms with Crippen LogP contribution in [0, 0.1) is 0 Å². The Labute approximate surface area is 101 Å². The number of carbonyl (C=O) groups is 1. The Morgan fingerprint density at radius 1 is 1.50 bits per heavy atom. The Bertz CT molecular complexity index is 435.